The summed E-state index contributed by atoms with van der Waals surface area (Å²) in [5.74, 6) is -0.586. The van der Waals surface area contributed by atoms with Gasteiger partial charge in [-0.1, -0.05) is 44.0 Å². The first kappa shape index (κ1) is 14.7. The van der Waals surface area contributed by atoms with E-state index < -0.39 is 5.38 Å². The van der Waals surface area contributed by atoms with Crippen LogP contribution in [0, 0.1) is 5.82 Å². The summed E-state index contributed by atoms with van der Waals surface area (Å²) in [7, 11) is 0. The Balaban J connectivity index is 2.30. The molecule has 0 fully saturated rings. The second-order valence-corrected chi connectivity index (χ2v) is 6.11. The van der Waals surface area contributed by atoms with Crippen LogP contribution < -0.4 is 0 Å². The molecule has 1 nitrogen and oxygen atoms in total. The van der Waals surface area contributed by atoms with Crippen LogP contribution in [0.15, 0.2) is 51.4 Å². The minimum atomic E-state index is -0.835. The van der Waals surface area contributed by atoms with Gasteiger partial charge in [-0.05, 0) is 35.9 Å². The third kappa shape index (κ3) is 3.44. The van der Waals surface area contributed by atoms with E-state index in [1.54, 1.807) is 18.2 Å². The standard InChI is InChI=1S/C14H8Br2ClFO/c15-9-3-6-11(12(16)7-9)14(19)13(17)8-1-4-10(18)5-2-8/h1-7,13H. The maximum Gasteiger partial charge on any atom is 0.186 e. The maximum absolute atomic E-state index is 12.8. The van der Waals surface area contributed by atoms with Crippen LogP contribution in [0.4, 0.5) is 4.39 Å². The van der Waals surface area contributed by atoms with Gasteiger partial charge in [0.1, 0.15) is 11.2 Å². The molecule has 0 heterocycles. The van der Waals surface area contributed by atoms with Crippen molar-refractivity contribution >= 4 is 49.2 Å². The third-order valence-corrected chi connectivity index (χ3v) is 4.19. The molecule has 5 heteroatoms. The van der Waals surface area contributed by atoms with E-state index in [1.165, 1.54) is 24.3 Å². The molecule has 0 saturated heterocycles. The number of alkyl halides is 1. The van der Waals surface area contributed by atoms with E-state index in [-0.39, 0.29) is 11.6 Å². The topological polar surface area (TPSA) is 17.1 Å². The molecule has 0 bridgehead atoms. The van der Waals surface area contributed by atoms with Gasteiger partial charge >= 0.3 is 0 Å². The molecule has 0 spiro atoms. The number of carbonyl (C=O) groups is 1. The number of hydrogen-bond acceptors (Lipinski definition) is 1. The van der Waals surface area contributed by atoms with Crippen molar-refractivity contribution in [2.75, 3.05) is 0 Å². The van der Waals surface area contributed by atoms with Gasteiger partial charge < -0.3 is 0 Å². The first-order valence-electron chi connectivity index (χ1n) is 5.38. The molecule has 2 rings (SSSR count). The van der Waals surface area contributed by atoms with E-state index in [9.17, 15) is 9.18 Å². The predicted octanol–water partition coefficient (Wildman–Crippen LogP) is 5.51. The fourth-order valence-electron chi connectivity index (χ4n) is 1.61. The summed E-state index contributed by atoms with van der Waals surface area (Å²) >= 11 is 12.8. The Morgan fingerprint density at radius 2 is 1.74 bits per heavy atom. The van der Waals surface area contributed by atoms with E-state index in [4.69, 9.17) is 11.6 Å². The monoisotopic (exact) mass is 404 g/mol. The van der Waals surface area contributed by atoms with Gasteiger partial charge in [0.15, 0.2) is 5.78 Å². The first-order valence-corrected chi connectivity index (χ1v) is 7.40. The lowest BCUT2D eigenvalue weighted by atomic mass is 10.0. The first-order chi connectivity index (χ1) is 8.99. The number of benzene rings is 2. The molecule has 2 aromatic carbocycles. The van der Waals surface area contributed by atoms with Gasteiger partial charge in [-0.25, -0.2) is 4.39 Å². The molecule has 2 aromatic rings. The zero-order valence-corrected chi connectivity index (χ0v) is 13.5. The molecule has 0 aliphatic rings. The Bertz CT molecular complexity index is 613. The second kappa shape index (κ2) is 6.16. The number of hydrogen-bond donors (Lipinski definition) is 0. The van der Waals surface area contributed by atoms with Crippen molar-refractivity contribution in [3.05, 3.63) is 68.4 Å². The highest BCUT2D eigenvalue weighted by Crippen LogP contribution is 2.30. The number of carbonyl (C=O) groups excluding carboxylic acids is 1. The molecule has 0 saturated carbocycles. The summed E-state index contributed by atoms with van der Waals surface area (Å²) in [6, 6.07) is 10.8. The number of halogens is 4. The highest BCUT2D eigenvalue weighted by Gasteiger charge is 2.21. The minimum Gasteiger partial charge on any atom is -0.292 e. The summed E-state index contributed by atoms with van der Waals surface area (Å²) in [5.41, 5.74) is 1.07. The zero-order valence-electron chi connectivity index (χ0n) is 9.54. The molecule has 0 aliphatic heterocycles. The van der Waals surface area contributed by atoms with Gasteiger partial charge in [0.2, 0.25) is 0 Å². The average molecular weight is 406 g/mol. The smallest absolute Gasteiger partial charge is 0.186 e. The van der Waals surface area contributed by atoms with Crippen LogP contribution in [0.2, 0.25) is 0 Å². The normalized spacial score (nSPS) is 12.2. The summed E-state index contributed by atoms with van der Waals surface area (Å²) in [4.78, 5) is 12.3. The Morgan fingerprint density at radius 3 is 2.32 bits per heavy atom. The number of Topliss-reactive ketones (excluding diaryl/α,β-unsaturated/α-hetero) is 1. The van der Waals surface area contributed by atoms with Gasteiger partial charge in [-0.2, -0.15) is 0 Å². The van der Waals surface area contributed by atoms with Crippen molar-refractivity contribution in [1.29, 1.82) is 0 Å². The van der Waals surface area contributed by atoms with Crippen molar-refractivity contribution in [1.82, 2.24) is 0 Å². The molecule has 0 aromatic heterocycles. The molecule has 0 amide bonds. The van der Waals surface area contributed by atoms with Crippen LogP contribution in [0.5, 0.6) is 0 Å². The second-order valence-electron chi connectivity index (χ2n) is 3.90. The van der Waals surface area contributed by atoms with Crippen LogP contribution in [0.1, 0.15) is 21.3 Å². The number of rotatable bonds is 3. The third-order valence-electron chi connectivity index (χ3n) is 2.59. The fraction of sp³-hybridized carbons (Fsp3) is 0.0714. The van der Waals surface area contributed by atoms with Crippen LogP contribution in [-0.2, 0) is 0 Å². The van der Waals surface area contributed by atoms with Crippen LogP contribution >= 0.6 is 43.5 Å². The van der Waals surface area contributed by atoms with Gasteiger partial charge in [0, 0.05) is 14.5 Å². The van der Waals surface area contributed by atoms with E-state index >= 15 is 0 Å². The van der Waals surface area contributed by atoms with Crippen molar-refractivity contribution in [3.63, 3.8) is 0 Å². The van der Waals surface area contributed by atoms with Crippen LogP contribution in [0.3, 0.4) is 0 Å². The summed E-state index contributed by atoms with van der Waals surface area (Å²) < 4.78 is 14.4. The summed E-state index contributed by atoms with van der Waals surface area (Å²) in [6.45, 7) is 0. The lowest BCUT2D eigenvalue weighted by molar-refractivity contribution is 0.0986. The molecule has 1 unspecified atom stereocenters. The molecule has 98 valence electrons. The van der Waals surface area contributed by atoms with E-state index in [0.717, 1.165) is 4.47 Å². The van der Waals surface area contributed by atoms with Crippen molar-refractivity contribution in [3.8, 4) is 0 Å². The number of ketones is 1. The maximum atomic E-state index is 12.8. The molecule has 0 aliphatic carbocycles. The Kier molecular flexibility index (Phi) is 4.76. The van der Waals surface area contributed by atoms with Crippen molar-refractivity contribution < 1.29 is 9.18 Å². The molecule has 19 heavy (non-hydrogen) atoms. The van der Waals surface area contributed by atoms with Gasteiger partial charge in [0.25, 0.3) is 0 Å². The zero-order chi connectivity index (χ0) is 14.0. The SMILES string of the molecule is O=C(c1ccc(Br)cc1Br)C(Cl)c1ccc(F)cc1. The largest absolute Gasteiger partial charge is 0.292 e. The van der Waals surface area contributed by atoms with Gasteiger partial charge in [0.05, 0.1) is 0 Å². The molecule has 0 N–H and O–H groups in total. The average Bonchev–Trinajstić information content (AvgIpc) is 2.38. The van der Waals surface area contributed by atoms with Gasteiger partial charge in [-0.3, -0.25) is 4.79 Å². The van der Waals surface area contributed by atoms with E-state index in [0.29, 0.717) is 15.6 Å². The summed E-state index contributed by atoms with van der Waals surface area (Å²) in [6.07, 6.45) is 0. The Morgan fingerprint density at radius 1 is 1.11 bits per heavy atom. The minimum absolute atomic E-state index is 0.229. The lowest BCUT2D eigenvalue weighted by Gasteiger charge is -2.10. The summed E-state index contributed by atoms with van der Waals surface area (Å²) in [5, 5.41) is -0.835. The van der Waals surface area contributed by atoms with Crippen molar-refractivity contribution in [2.24, 2.45) is 0 Å². The van der Waals surface area contributed by atoms with Crippen LogP contribution in [-0.4, -0.2) is 5.78 Å². The van der Waals surface area contributed by atoms with Gasteiger partial charge in [-0.15, -0.1) is 11.6 Å². The predicted molar refractivity (Wildman–Crippen MR) is 81.2 cm³/mol. The highest BCUT2D eigenvalue weighted by molar-refractivity contribution is 9.11. The Hall–Kier alpha value is -0.710. The molecule has 1 atom stereocenters. The highest BCUT2D eigenvalue weighted by atomic mass is 79.9. The van der Waals surface area contributed by atoms with E-state index in [2.05, 4.69) is 31.9 Å². The Labute approximate surface area is 132 Å². The van der Waals surface area contributed by atoms with Crippen molar-refractivity contribution in [2.45, 2.75) is 5.38 Å². The fourth-order valence-corrected chi connectivity index (χ4v) is 3.11. The molecule has 0 radical (unpaired) electrons. The van der Waals surface area contributed by atoms with E-state index in [1.807, 2.05) is 0 Å². The quantitative estimate of drug-likeness (QED) is 0.485. The molecular weight excluding hydrogens is 398 g/mol. The lowest BCUT2D eigenvalue weighted by Crippen LogP contribution is -2.08. The molecular formula is C14H8Br2ClFO. The van der Waals surface area contributed by atoms with Crippen LogP contribution in [0.25, 0.3) is 0 Å².